The minimum Gasteiger partial charge on any atom is -0.485 e. The summed E-state index contributed by atoms with van der Waals surface area (Å²) >= 11 is 0. The number of aromatic nitrogens is 3. The van der Waals surface area contributed by atoms with Crippen molar-refractivity contribution in [1.29, 1.82) is 0 Å². The summed E-state index contributed by atoms with van der Waals surface area (Å²) in [6.45, 7) is 1.81. The van der Waals surface area contributed by atoms with Gasteiger partial charge < -0.3 is 19.9 Å². The fourth-order valence-electron chi connectivity index (χ4n) is 2.15. The van der Waals surface area contributed by atoms with E-state index in [-0.39, 0.29) is 24.2 Å². The molecule has 0 radical (unpaired) electrons. The second-order valence-corrected chi connectivity index (χ2v) is 5.55. The Morgan fingerprint density at radius 3 is 2.56 bits per heavy atom. The molecule has 9 heteroatoms. The fraction of sp³-hybridized carbons (Fsp3) is 0.167. The van der Waals surface area contributed by atoms with E-state index in [4.69, 9.17) is 9.26 Å². The third-order valence-electron chi connectivity index (χ3n) is 3.41. The average Bonchev–Trinajstić information content (AvgIpc) is 3.15. The number of benzene rings is 1. The summed E-state index contributed by atoms with van der Waals surface area (Å²) in [7, 11) is 0. The second kappa shape index (κ2) is 8.56. The summed E-state index contributed by atoms with van der Waals surface area (Å²) in [5, 5.41) is 9.07. The number of hydrogen-bond donors (Lipinski definition) is 2. The molecule has 1 aromatic carbocycles. The van der Waals surface area contributed by atoms with E-state index in [2.05, 4.69) is 25.8 Å². The molecule has 9 nitrogen and oxygen atoms in total. The van der Waals surface area contributed by atoms with Crippen molar-refractivity contribution >= 4 is 17.5 Å². The van der Waals surface area contributed by atoms with E-state index in [0.717, 1.165) is 5.56 Å². The highest BCUT2D eigenvalue weighted by atomic mass is 16.5. The van der Waals surface area contributed by atoms with E-state index in [0.29, 0.717) is 18.0 Å². The SMILES string of the molecule is CC(=O)Nc1ccc(OCc2noc(C(=O)NCc3ccncc3)n2)cc1. The van der Waals surface area contributed by atoms with Gasteiger partial charge in [-0.05, 0) is 42.0 Å². The van der Waals surface area contributed by atoms with Crippen molar-refractivity contribution in [2.75, 3.05) is 5.32 Å². The van der Waals surface area contributed by atoms with Gasteiger partial charge in [-0.15, -0.1) is 0 Å². The molecule has 0 aliphatic carbocycles. The molecule has 0 aliphatic rings. The number of amides is 2. The molecule has 2 heterocycles. The van der Waals surface area contributed by atoms with Gasteiger partial charge in [0.05, 0.1) is 0 Å². The van der Waals surface area contributed by atoms with E-state index in [9.17, 15) is 9.59 Å². The molecule has 0 saturated heterocycles. The zero-order chi connectivity index (χ0) is 19.1. The number of carbonyl (C=O) groups is 2. The molecule has 2 N–H and O–H groups in total. The van der Waals surface area contributed by atoms with Gasteiger partial charge in [-0.25, -0.2) is 0 Å². The van der Waals surface area contributed by atoms with E-state index in [1.54, 1.807) is 48.8 Å². The van der Waals surface area contributed by atoms with Gasteiger partial charge in [0.1, 0.15) is 5.75 Å². The lowest BCUT2D eigenvalue weighted by molar-refractivity contribution is -0.114. The maximum absolute atomic E-state index is 12.0. The normalized spacial score (nSPS) is 10.3. The fourth-order valence-corrected chi connectivity index (χ4v) is 2.15. The van der Waals surface area contributed by atoms with Gasteiger partial charge in [0.25, 0.3) is 0 Å². The first-order valence-corrected chi connectivity index (χ1v) is 8.10. The Labute approximate surface area is 154 Å². The Bertz CT molecular complexity index is 909. The van der Waals surface area contributed by atoms with Crippen LogP contribution in [0.5, 0.6) is 5.75 Å². The molecule has 0 bridgehead atoms. The first kappa shape index (κ1) is 18.1. The largest absolute Gasteiger partial charge is 0.485 e. The highest BCUT2D eigenvalue weighted by Crippen LogP contribution is 2.16. The van der Waals surface area contributed by atoms with Crippen molar-refractivity contribution in [1.82, 2.24) is 20.4 Å². The zero-order valence-corrected chi connectivity index (χ0v) is 14.5. The zero-order valence-electron chi connectivity index (χ0n) is 14.5. The van der Waals surface area contributed by atoms with Crippen LogP contribution in [0.25, 0.3) is 0 Å². The Morgan fingerprint density at radius 1 is 1.11 bits per heavy atom. The standard InChI is InChI=1S/C18H17N5O4/c1-12(24)21-14-2-4-15(5-3-14)26-11-16-22-18(27-23-16)17(25)20-10-13-6-8-19-9-7-13/h2-9H,10-11H2,1H3,(H,20,25)(H,21,24). The van der Waals surface area contributed by atoms with Gasteiger partial charge in [-0.3, -0.25) is 14.6 Å². The molecular formula is C18H17N5O4. The number of nitrogens with zero attached hydrogens (tertiary/aromatic N) is 3. The molecule has 3 rings (SSSR count). The van der Waals surface area contributed by atoms with Crippen molar-refractivity contribution in [3.05, 3.63) is 66.1 Å². The molecule has 138 valence electrons. The van der Waals surface area contributed by atoms with Crippen molar-refractivity contribution in [2.24, 2.45) is 0 Å². The Hall–Kier alpha value is -3.75. The maximum atomic E-state index is 12.0. The number of rotatable bonds is 7. The van der Waals surface area contributed by atoms with Crippen molar-refractivity contribution < 1.29 is 18.8 Å². The number of nitrogens with one attached hydrogen (secondary N) is 2. The van der Waals surface area contributed by atoms with E-state index < -0.39 is 5.91 Å². The highest BCUT2D eigenvalue weighted by Gasteiger charge is 2.15. The van der Waals surface area contributed by atoms with Crippen LogP contribution < -0.4 is 15.4 Å². The average molecular weight is 367 g/mol. The summed E-state index contributed by atoms with van der Waals surface area (Å²) in [5.74, 6) is 0.0617. The van der Waals surface area contributed by atoms with E-state index >= 15 is 0 Å². The lowest BCUT2D eigenvalue weighted by atomic mass is 10.3. The van der Waals surface area contributed by atoms with Crippen LogP contribution in [0.4, 0.5) is 5.69 Å². The molecule has 0 saturated carbocycles. The summed E-state index contributed by atoms with van der Waals surface area (Å²) in [6.07, 6.45) is 3.29. The van der Waals surface area contributed by atoms with Gasteiger partial charge in [0.2, 0.25) is 11.7 Å². The quantitative estimate of drug-likeness (QED) is 0.655. The van der Waals surface area contributed by atoms with Crippen LogP contribution in [-0.4, -0.2) is 26.9 Å². The molecule has 0 aliphatic heterocycles. The molecule has 2 amide bonds. The molecule has 3 aromatic rings. The second-order valence-electron chi connectivity index (χ2n) is 5.55. The summed E-state index contributed by atoms with van der Waals surface area (Å²) < 4.78 is 10.5. The van der Waals surface area contributed by atoms with Crippen LogP contribution in [0.15, 0.2) is 53.3 Å². The van der Waals surface area contributed by atoms with Gasteiger partial charge in [0.15, 0.2) is 6.61 Å². The van der Waals surface area contributed by atoms with E-state index in [1.807, 2.05) is 0 Å². The number of carbonyl (C=O) groups excluding carboxylic acids is 2. The summed E-state index contributed by atoms with van der Waals surface area (Å²) in [4.78, 5) is 30.9. The third-order valence-corrected chi connectivity index (χ3v) is 3.41. The maximum Gasteiger partial charge on any atom is 0.316 e. The molecular weight excluding hydrogens is 350 g/mol. The summed E-state index contributed by atoms with van der Waals surface area (Å²) in [6, 6.07) is 10.4. The van der Waals surface area contributed by atoms with Crippen LogP contribution in [0.2, 0.25) is 0 Å². The van der Waals surface area contributed by atoms with Crippen molar-refractivity contribution in [3.63, 3.8) is 0 Å². The lowest BCUT2D eigenvalue weighted by Gasteiger charge is -2.05. The topological polar surface area (TPSA) is 119 Å². The minimum atomic E-state index is -0.467. The monoisotopic (exact) mass is 367 g/mol. The first-order chi connectivity index (χ1) is 13.1. The van der Waals surface area contributed by atoms with Crippen LogP contribution >= 0.6 is 0 Å². The third kappa shape index (κ3) is 5.36. The smallest absolute Gasteiger partial charge is 0.316 e. The number of pyridine rings is 1. The molecule has 0 spiro atoms. The van der Waals surface area contributed by atoms with Crippen LogP contribution in [0, 0.1) is 0 Å². The lowest BCUT2D eigenvalue weighted by Crippen LogP contribution is -2.23. The number of anilines is 1. The van der Waals surface area contributed by atoms with Gasteiger partial charge in [-0.2, -0.15) is 4.98 Å². The van der Waals surface area contributed by atoms with E-state index in [1.165, 1.54) is 6.92 Å². The molecule has 0 unspecified atom stereocenters. The van der Waals surface area contributed by atoms with Gasteiger partial charge in [-0.1, -0.05) is 5.16 Å². The van der Waals surface area contributed by atoms with Crippen LogP contribution in [0.1, 0.15) is 29.0 Å². The predicted molar refractivity (Wildman–Crippen MR) is 94.8 cm³/mol. The van der Waals surface area contributed by atoms with Crippen LogP contribution in [-0.2, 0) is 17.9 Å². The van der Waals surface area contributed by atoms with Gasteiger partial charge in [0, 0.05) is 31.5 Å². The van der Waals surface area contributed by atoms with Gasteiger partial charge >= 0.3 is 11.8 Å². The molecule has 2 aromatic heterocycles. The molecule has 0 atom stereocenters. The predicted octanol–water partition coefficient (Wildman–Crippen LogP) is 1.93. The Kier molecular flexibility index (Phi) is 5.73. The molecule has 27 heavy (non-hydrogen) atoms. The number of hydrogen-bond acceptors (Lipinski definition) is 7. The van der Waals surface area contributed by atoms with Crippen molar-refractivity contribution in [3.8, 4) is 5.75 Å². The minimum absolute atomic E-state index is 0.0423. The highest BCUT2D eigenvalue weighted by molar-refractivity contribution is 5.89. The molecule has 0 fully saturated rings. The Morgan fingerprint density at radius 2 is 1.85 bits per heavy atom. The summed E-state index contributed by atoms with van der Waals surface area (Å²) in [5.41, 5.74) is 1.58. The van der Waals surface area contributed by atoms with Crippen LogP contribution in [0.3, 0.4) is 0 Å². The van der Waals surface area contributed by atoms with Crippen molar-refractivity contribution in [2.45, 2.75) is 20.1 Å². The Balaban J connectivity index is 1.50. The first-order valence-electron chi connectivity index (χ1n) is 8.10. The number of ether oxygens (including phenoxy) is 1.